The van der Waals surface area contributed by atoms with Gasteiger partial charge in [0.2, 0.25) is 0 Å². The predicted octanol–water partition coefficient (Wildman–Crippen LogP) is 4.71. The lowest BCUT2D eigenvalue weighted by atomic mass is 9.98. The van der Waals surface area contributed by atoms with E-state index >= 15 is 0 Å². The third-order valence-electron chi connectivity index (χ3n) is 4.75. The normalized spacial score (nSPS) is 11.1. The van der Waals surface area contributed by atoms with E-state index in [1.165, 1.54) is 0 Å². The van der Waals surface area contributed by atoms with Crippen LogP contribution in [0.5, 0.6) is 5.75 Å². The van der Waals surface area contributed by atoms with Crippen molar-refractivity contribution >= 4 is 22.4 Å². The maximum absolute atomic E-state index is 13.3. The number of benzene rings is 2. The van der Waals surface area contributed by atoms with Crippen molar-refractivity contribution in [2.75, 3.05) is 18.9 Å². The van der Waals surface area contributed by atoms with Gasteiger partial charge in [-0.3, -0.25) is 4.79 Å². The molecule has 0 saturated carbocycles. The predicted molar refractivity (Wildman–Crippen MR) is 113 cm³/mol. The number of rotatable bonds is 10. The molecule has 0 unspecified atom stereocenters. The number of ether oxygens (including phenoxy) is 1. The van der Waals surface area contributed by atoms with Gasteiger partial charge in [0.1, 0.15) is 17.1 Å². The maximum Gasteiger partial charge on any atom is 0.197 e. The van der Waals surface area contributed by atoms with Crippen LogP contribution in [0, 0.1) is 0 Å². The zero-order valence-electron chi connectivity index (χ0n) is 16.4. The molecule has 3 rings (SSSR count). The van der Waals surface area contributed by atoms with Crippen LogP contribution in [0.25, 0.3) is 11.0 Å². The van der Waals surface area contributed by atoms with E-state index in [4.69, 9.17) is 20.6 Å². The fourth-order valence-corrected chi connectivity index (χ4v) is 3.25. The summed E-state index contributed by atoms with van der Waals surface area (Å²) in [5.41, 5.74) is 14.0. The minimum absolute atomic E-state index is 0.0515. The molecule has 2 aromatic carbocycles. The molecule has 28 heavy (non-hydrogen) atoms. The molecule has 1 heterocycles. The number of hydrogen-bond acceptors (Lipinski definition) is 5. The van der Waals surface area contributed by atoms with Gasteiger partial charge in [0, 0.05) is 23.1 Å². The minimum Gasteiger partial charge on any atom is -0.494 e. The van der Waals surface area contributed by atoms with Crippen LogP contribution >= 0.6 is 0 Å². The summed E-state index contributed by atoms with van der Waals surface area (Å²) >= 11 is 0. The van der Waals surface area contributed by atoms with Crippen molar-refractivity contribution in [2.45, 2.75) is 39.0 Å². The molecule has 0 atom stereocenters. The van der Waals surface area contributed by atoms with Gasteiger partial charge in [-0.05, 0) is 61.9 Å². The molecule has 0 saturated heterocycles. The Morgan fingerprint density at radius 2 is 1.86 bits per heavy atom. The van der Waals surface area contributed by atoms with Gasteiger partial charge in [-0.15, -0.1) is 0 Å². The average molecular weight is 380 g/mol. The first-order valence-electron chi connectivity index (χ1n) is 9.92. The van der Waals surface area contributed by atoms with E-state index in [0.29, 0.717) is 35.5 Å². The first-order valence-corrected chi connectivity index (χ1v) is 9.92. The van der Waals surface area contributed by atoms with E-state index in [1.54, 1.807) is 18.2 Å². The van der Waals surface area contributed by atoms with Crippen molar-refractivity contribution in [3.8, 4) is 5.75 Å². The molecule has 5 heteroatoms. The summed E-state index contributed by atoms with van der Waals surface area (Å²) in [6.07, 6.45) is 4.73. The number of aryl methyl sites for hydroxylation is 1. The fraction of sp³-hybridized carbons (Fsp3) is 0.348. The molecule has 1 aromatic heterocycles. The molecule has 0 fully saturated rings. The van der Waals surface area contributed by atoms with Gasteiger partial charge >= 0.3 is 0 Å². The molecule has 0 aliphatic heterocycles. The Balaban J connectivity index is 1.90. The van der Waals surface area contributed by atoms with Crippen LogP contribution in [0.3, 0.4) is 0 Å². The molecule has 0 spiro atoms. The number of hydrogen-bond donors (Lipinski definition) is 2. The molecule has 3 aromatic rings. The standard InChI is InChI=1S/C23H28N2O3/c1-2-3-4-6-21-22(19-15-17(25)9-12-20(19)28-21)23(26)16-7-10-18(11-8-16)27-14-5-13-24/h7-12,15H,2-6,13-14,24-25H2,1H3. The van der Waals surface area contributed by atoms with E-state index in [2.05, 4.69) is 6.92 Å². The number of ketones is 1. The van der Waals surface area contributed by atoms with Crippen LogP contribution in [-0.4, -0.2) is 18.9 Å². The Morgan fingerprint density at radius 1 is 1.07 bits per heavy atom. The second-order valence-corrected chi connectivity index (χ2v) is 6.96. The largest absolute Gasteiger partial charge is 0.494 e. The zero-order chi connectivity index (χ0) is 19.9. The first kappa shape index (κ1) is 20.0. The Hall–Kier alpha value is -2.79. The van der Waals surface area contributed by atoms with E-state index in [-0.39, 0.29) is 5.78 Å². The number of furan rings is 1. The average Bonchev–Trinajstić information content (AvgIpc) is 3.06. The van der Waals surface area contributed by atoms with Gasteiger partial charge in [-0.25, -0.2) is 0 Å². The van der Waals surface area contributed by atoms with Gasteiger partial charge in [-0.2, -0.15) is 0 Å². The van der Waals surface area contributed by atoms with Crippen molar-refractivity contribution in [1.29, 1.82) is 0 Å². The Morgan fingerprint density at radius 3 is 2.57 bits per heavy atom. The van der Waals surface area contributed by atoms with Crippen LogP contribution in [0.1, 0.15) is 54.3 Å². The molecule has 5 nitrogen and oxygen atoms in total. The highest BCUT2D eigenvalue weighted by atomic mass is 16.5. The maximum atomic E-state index is 13.3. The van der Waals surface area contributed by atoms with Crippen molar-refractivity contribution < 1.29 is 13.9 Å². The second kappa shape index (κ2) is 9.42. The molecule has 0 aliphatic rings. The van der Waals surface area contributed by atoms with E-state index in [1.807, 2.05) is 24.3 Å². The van der Waals surface area contributed by atoms with Crippen LogP contribution in [0.4, 0.5) is 5.69 Å². The highest BCUT2D eigenvalue weighted by molar-refractivity contribution is 6.17. The number of anilines is 1. The lowest BCUT2D eigenvalue weighted by molar-refractivity contribution is 0.103. The smallest absolute Gasteiger partial charge is 0.197 e. The molecular weight excluding hydrogens is 352 g/mol. The van der Waals surface area contributed by atoms with Crippen LogP contribution in [-0.2, 0) is 6.42 Å². The molecule has 0 aliphatic carbocycles. The SMILES string of the molecule is CCCCCc1oc2ccc(N)cc2c1C(=O)c1ccc(OCCCN)cc1. The van der Waals surface area contributed by atoms with E-state index < -0.39 is 0 Å². The first-order chi connectivity index (χ1) is 13.6. The van der Waals surface area contributed by atoms with Crippen LogP contribution in [0.15, 0.2) is 46.9 Å². The Kier molecular flexibility index (Phi) is 6.71. The van der Waals surface area contributed by atoms with E-state index in [9.17, 15) is 4.79 Å². The topological polar surface area (TPSA) is 91.5 Å². The molecule has 0 bridgehead atoms. The highest BCUT2D eigenvalue weighted by Gasteiger charge is 2.22. The third-order valence-corrected chi connectivity index (χ3v) is 4.75. The zero-order valence-corrected chi connectivity index (χ0v) is 16.4. The molecule has 0 radical (unpaired) electrons. The van der Waals surface area contributed by atoms with Gasteiger partial charge < -0.3 is 20.6 Å². The Labute approximate surface area is 165 Å². The number of unbranched alkanes of at least 4 members (excludes halogenated alkanes) is 2. The minimum atomic E-state index is -0.0515. The molecular formula is C23H28N2O3. The van der Waals surface area contributed by atoms with Gasteiger partial charge in [0.05, 0.1) is 12.2 Å². The van der Waals surface area contributed by atoms with Gasteiger partial charge in [0.15, 0.2) is 5.78 Å². The molecule has 4 N–H and O–H groups in total. The fourth-order valence-electron chi connectivity index (χ4n) is 3.25. The number of carbonyl (C=O) groups is 1. The second-order valence-electron chi connectivity index (χ2n) is 6.96. The highest BCUT2D eigenvalue weighted by Crippen LogP contribution is 2.31. The Bertz CT molecular complexity index is 929. The number of fused-ring (bicyclic) bond motifs is 1. The van der Waals surface area contributed by atoms with Crippen molar-refractivity contribution in [2.24, 2.45) is 5.73 Å². The van der Waals surface area contributed by atoms with Crippen molar-refractivity contribution in [3.05, 3.63) is 59.4 Å². The lowest BCUT2D eigenvalue weighted by Crippen LogP contribution is -2.07. The summed E-state index contributed by atoms with van der Waals surface area (Å²) in [6.45, 7) is 3.31. The monoisotopic (exact) mass is 380 g/mol. The van der Waals surface area contributed by atoms with Gasteiger partial charge in [-0.1, -0.05) is 19.8 Å². The van der Waals surface area contributed by atoms with Crippen molar-refractivity contribution in [3.63, 3.8) is 0 Å². The summed E-state index contributed by atoms with van der Waals surface area (Å²) in [4.78, 5) is 13.3. The summed E-state index contributed by atoms with van der Waals surface area (Å²) in [6, 6.07) is 12.7. The molecule has 148 valence electrons. The number of nitrogen functional groups attached to an aromatic ring is 1. The van der Waals surface area contributed by atoms with Crippen molar-refractivity contribution in [1.82, 2.24) is 0 Å². The quantitative estimate of drug-likeness (QED) is 0.302. The third kappa shape index (κ3) is 4.54. The van der Waals surface area contributed by atoms with E-state index in [0.717, 1.165) is 49.0 Å². The van der Waals surface area contributed by atoms with Crippen LogP contribution < -0.4 is 16.2 Å². The molecule has 0 amide bonds. The number of carbonyl (C=O) groups excluding carboxylic acids is 1. The summed E-state index contributed by atoms with van der Waals surface area (Å²) in [7, 11) is 0. The summed E-state index contributed by atoms with van der Waals surface area (Å²) in [5.74, 6) is 1.42. The summed E-state index contributed by atoms with van der Waals surface area (Å²) < 4.78 is 11.6. The summed E-state index contributed by atoms with van der Waals surface area (Å²) in [5, 5.41) is 0.778. The lowest BCUT2D eigenvalue weighted by Gasteiger charge is -2.07. The number of nitrogens with two attached hydrogens (primary N) is 2. The van der Waals surface area contributed by atoms with Gasteiger partial charge in [0.25, 0.3) is 0 Å². The van der Waals surface area contributed by atoms with Crippen LogP contribution in [0.2, 0.25) is 0 Å².